The molecular weight excluding hydrogens is 210 g/mol. The van der Waals surface area contributed by atoms with Gasteiger partial charge in [-0.2, -0.15) is 0 Å². The van der Waals surface area contributed by atoms with Crippen molar-refractivity contribution in [2.45, 2.75) is 39.2 Å². The summed E-state index contributed by atoms with van der Waals surface area (Å²) in [6, 6.07) is 0.726. The topological polar surface area (TPSA) is 27.3 Å². The van der Waals surface area contributed by atoms with E-state index < -0.39 is 0 Å². The Morgan fingerprint density at radius 2 is 1.82 bits per heavy atom. The summed E-state index contributed by atoms with van der Waals surface area (Å²) in [5.41, 5.74) is 0. The summed E-state index contributed by atoms with van der Waals surface area (Å²) in [6.07, 6.45) is 4.10. The molecule has 0 radical (unpaired) electrons. The van der Waals surface area contributed by atoms with Gasteiger partial charge in [0.1, 0.15) is 0 Å². The summed E-state index contributed by atoms with van der Waals surface area (Å²) in [5, 5.41) is 7.13. The van der Waals surface area contributed by atoms with E-state index in [1.54, 1.807) is 0 Å². The zero-order valence-electron chi connectivity index (χ0n) is 11.5. The Kier molecular flexibility index (Phi) is 5.26. The molecule has 3 heteroatoms. The van der Waals surface area contributed by atoms with Crippen LogP contribution in [0.2, 0.25) is 0 Å². The third kappa shape index (κ3) is 4.23. The van der Waals surface area contributed by atoms with Gasteiger partial charge in [0.2, 0.25) is 0 Å². The van der Waals surface area contributed by atoms with Crippen molar-refractivity contribution in [3.05, 3.63) is 0 Å². The third-order valence-corrected chi connectivity index (χ3v) is 4.37. The molecule has 2 fully saturated rings. The van der Waals surface area contributed by atoms with E-state index in [4.69, 9.17) is 0 Å². The minimum Gasteiger partial charge on any atom is -0.317 e. The SMILES string of the molecule is CC(C)N1CCC(CNCC2CCNCC2)C1. The molecule has 0 amide bonds. The van der Waals surface area contributed by atoms with Gasteiger partial charge in [0.25, 0.3) is 0 Å². The molecule has 0 aromatic rings. The van der Waals surface area contributed by atoms with Gasteiger partial charge in [-0.25, -0.2) is 0 Å². The highest BCUT2D eigenvalue weighted by molar-refractivity contribution is 4.80. The predicted molar refractivity (Wildman–Crippen MR) is 73.3 cm³/mol. The van der Waals surface area contributed by atoms with Crippen molar-refractivity contribution in [3.8, 4) is 0 Å². The second-order valence-electron chi connectivity index (χ2n) is 6.10. The first-order valence-corrected chi connectivity index (χ1v) is 7.41. The van der Waals surface area contributed by atoms with Crippen LogP contribution in [-0.2, 0) is 0 Å². The molecule has 2 aliphatic heterocycles. The molecule has 0 saturated carbocycles. The van der Waals surface area contributed by atoms with Gasteiger partial charge >= 0.3 is 0 Å². The lowest BCUT2D eigenvalue weighted by atomic mass is 9.98. The van der Waals surface area contributed by atoms with Gasteiger partial charge in [-0.1, -0.05) is 0 Å². The molecule has 0 aromatic heterocycles. The summed E-state index contributed by atoms with van der Waals surface area (Å²) >= 11 is 0. The van der Waals surface area contributed by atoms with Gasteiger partial charge < -0.3 is 15.5 Å². The Labute approximate surface area is 106 Å². The van der Waals surface area contributed by atoms with Crippen molar-refractivity contribution in [3.63, 3.8) is 0 Å². The summed E-state index contributed by atoms with van der Waals surface area (Å²) < 4.78 is 0. The smallest absolute Gasteiger partial charge is 0.00387 e. The predicted octanol–water partition coefficient (Wildman–Crippen LogP) is 1.31. The maximum Gasteiger partial charge on any atom is 0.00387 e. The molecule has 0 spiro atoms. The lowest BCUT2D eigenvalue weighted by Gasteiger charge is -2.24. The maximum absolute atomic E-state index is 3.70. The van der Waals surface area contributed by atoms with Gasteiger partial charge in [-0.05, 0) is 77.7 Å². The highest BCUT2D eigenvalue weighted by atomic mass is 15.2. The molecule has 0 bridgehead atoms. The molecule has 2 rings (SSSR count). The third-order valence-electron chi connectivity index (χ3n) is 4.37. The highest BCUT2D eigenvalue weighted by Crippen LogP contribution is 2.18. The van der Waals surface area contributed by atoms with E-state index in [9.17, 15) is 0 Å². The van der Waals surface area contributed by atoms with E-state index >= 15 is 0 Å². The molecule has 2 heterocycles. The van der Waals surface area contributed by atoms with Crippen LogP contribution in [0.1, 0.15) is 33.1 Å². The Bertz CT molecular complexity index is 212. The van der Waals surface area contributed by atoms with Crippen molar-refractivity contribution in [2.75, 3.05) is 39.3 Å². The van der Waals surface area contributed by atoms with Crippen LogP contribution < -0.4 is 10.6 Å². The van der Waals surface area contributed by atoms with E-state index in [1.165, 1.54) is 58.5 Å². The van der Waals surface area contributed by atoms with Crippen LogP contribution in [0.3, 0.4) is 0 Å². The highest BCUT2D eigenvalue weighted by Gasteiger charge is 2.23. The van der Waals surface area contributed by atoms with E-state index in [1.807, 2.05) is 0 Å². The van der Waals surface area contributed by atoms with Crippen LogP contribution in [0.25, 0.3) is 0 Å². The standard InChI is InChI=1S/C14H29N3/c1-12(2)17-8-5-14(11-17)10-16-9-13-3-6-15-7-4-13/h12-16H,3-11H2,1-2H3. The van der Waals surface area contributed by atoms with Crippen molar-refractivity contribution < 1.29 is 0 Å². The Morgan fingerprint density at radius 1 is 1.12 bits per heavy atom. The lowest BCUT2D eigenvalue weighted by molar-refractivity contribution is 0.262. The number of hydrogen-bond acceptors (Lipinski definition) is 3. The Hall–Kier alpha value is -0.120. The molecule has 2 saturated heterocycles. The van der Waals surface area contributed by atoms with Crippen LogP contribution in [0.5, 0.6) is 0 Å². The number of nitrogens with one attached hydrogen (secondary N) is 2. The fraction of sp³-hybridized carbons (Fsp3) is 1.00. The van der Waals surface area contributed by atoms with Gasteiger partial charge in [0.15, 0.2) is 0 Å². The zero-order chi connectivity index (χ0) is 12.1. The van der Waals surface area contributed by atoms with E-state index in [0.717, 1.165) is 17.9 Å². The molecule has 17 heavy (non-hydrogen) atoms. The maximum atomic E-state index is 3.70. The molecule has 100 valence electrons. The number of nitrogens with zero attached hydrogens (tertiary/aromatic N) is 1. The van der Waals surface area contributed by atoms with Crippen molar-refractivity contribution in [1.82, 2.24) is 15.5 Å². The van der Waals surface area contributed by atoms with Crippen LogP contribution in [0.15, 0.2) is 0 Å². The fourth-order valence-electron chi connectivity index (χ4n) is 3.08. The van der Waals surface area contributed by atoms with Crippen molar-refractivity contribution in [2.24, 2.45) is 11.8 Å². The van der Waals surface area contributed by atoms with Gasteiger partial charge in [0, 0.05) is 12.6 Å². The first kappa shape index (κ1) is 13.3. The second-order valence-corrected chi connectivity index (χ2v) is 6.10. The Balaban J connectivity index is 1.56. The minimum absolute atomic E-state index is 0.726. The quantitative estimate of drug-likeness (QED) is 0.757. The Morgan fingerprint density at radius 3 is 2.47 bits per heavy atom. The summed E-state index contributed by atoms with van der Waals surface area (Å²) in [7, 11) is 0. The molecule has 0 aliphatic carbocycles. The lowest BCUT2D eigenvalue weighted by Crippen LogP contribution is -2.36. The average molecular weight is 239 g/mol. The first-order valence-electron chi connectivity index (χ1n) is 7.41. The van der Waals surface area contributed by atoms with Crippen molar-refractivity contribution in [1.29, 1.82) is 0 Å². The van der Waals surface area contributed by atoms with Crippen molar-refractivity contribution >= 4 is 0 Å². The minimum atomic E-state index is 0.726. The molecule has 3 nitrogen and oxygen atoms in total. The summed E-state index contributed by atoms with van der Waals surface area (Å²) in [6.45, 7) is 12.1. The number of rotatable bonds is 5. The van der Waals surface area contributed by atoms with Gasteiger partial charge in [0.05, 0.1) is 0 Å². The first-order chi connectivity index (χ1) is 8.25. The number of hydrogen-bond donors (Lipinski definition) is 2. The number of likely N-dealkylation sites (tertiary alicyclic amines) is 1. The van der Waals surface area contributed by atoms with E-state index in [0.29, 0.717) is 0 Å². The molecule has 2 aliphatic rings. The molecule has 1 unspecified atom stereocenters. The average Bonchev–Trinajstić information content (AvgIpc) is 2.79. The van der Waals surface area contributed by atoms with E-state index in [-0.39, 0.29) is 0 Å². The molecule has 1 atom stereocenters. The van der Waals surface area contributed by atoms with Crippen LogP contribution in [0, 0.1) is 11.8 Å². The fourth-order valence-corrected chi connectivity index (χ4v) is 3.08. The molecule has 2 N–H and O–H groups in total. The monoisotopic (exact) mass is 239 g/mol. The van der Waals surface area contributed by atoms with E-state index in [2.05, 4.69) is 29.4 Å². The van der Waals surface area contributed by atoms with Crippen LogP contribution in [0.4, 0.5) is 0 Å². The van der Waals surface area contributed by atoms with Gasteiger partial charge in [-0.3, -0.25) is 0 Å². The van der Waals surface area contributed by atoms with Crippen LogP contribution >= 0.6 is 0 Å². The zero-order valence-corrected chi connectivity index (χ0v) is 11.5. The second kappa shape index (κ2) is 6.72. The molecule has 0 aromatic carbocycles. The van der Waals surface area contributed by atoms with Gasteiger partial charge in [-0.15, -0.1) is 0 Å². The normalized spacial score (nSPS) is 28.1. The molecular formula is C14H29N3. The largest absolute Gasteiger partial charge is 0.317 e. The number of piperidine rings is 1. The van der Waals surface area contributed by atoms with Crippen LogP contribution in [-0.4, -0.2) is 50.2 Å². The summed E-state index contributed by atoms with van der Waals surface area (Å²) in [4.78, 5) is 2.61. The summed E-state index contributed by atoms with van der Waals surface area (Å²) in [5.74, 6) is 1.80.